The molecule has 0 aliphatic carbocycles. The van der Waals surface area contributed by atoms with Gasteiger partial charge in [0.05, 0.1) is 4.92 Å². The minimum absolute atomic E-state index is 0.0290. The van der Waals surface area contributed by atoms with Crippen LogP contribution in [0.15, 0.2) is 42.5 Å². The van der Waals surface area contributed by atoms with Gasteiger partial charge in [-0.3, -0.25) is 19.7 Å². The van der Waals surface area contributed by atoms with Crippen molar-refractivity contribution < 1.29 is 14.5 Å². The molecule has 0 saturated carbocycles. The number of fused-ring (bicyclic) bond motifs is 1. The molecule has 0 aliphatic heterocycles. The quantitative estimate of drug-likeness (QED) is 0.318. The molecule has 3 aromatic rings. The van der Waals surface area contributed by atoms with Crippen molar-refractivity contribution in [3.8, 4) is 0 Å². The van der Waals surface area contributed by atoms with Gasteiger partial charge in [0.1, 0.15) is 0 Å². The lowest BCUT2D eigenvalue weighted by Crippen LogP contribution is -2.23. The van der Waals surface area contributed by atoms with Gasteiger partial charge in [-0.2, -0.15) is 0 Å². The molecule has 3 rings (SSSR count). The molecule has 1 aromatic heterocycles. The summed E-state index contributed by atoms with van der Waals surface area (Å²) in [7, 11) is 0. The maximum absolute atomic E-state index is 12.7. The molecule has 156 valence electrons. The van der Waals surface area contributed by atoms with Crippen molar-refractivity contribution in [1.82, 2.24) is 10.3 Å². The van der Waals surface area contributed by atoms with E-state index >= 15 is 0 Å². The van der Waals surface area contributed by atoms with Crippen LogP contribution >= 0.6 is 0 Å². The molecular formula is C23H25N3O4. The lowest BCUT2D eigenvalue weighted by Gasteiger charge is -2.07. The zero-order valence-electron chi connectivity index (χ0n) is 17.3. The summed E-state index contributed by atoms with van der Waals surface area (Å²) in [5, 5.41) is 14.7. The highest BCUT2D eigenvalue weighted by molar-refractivity contribution is 6.11. The van der Waals surface area contributed by atoms with Crippen molar-refractivity contribution in [2.45, 2.75) is 40.2 Å². The maximum atomic E-state index is 12.7. The number of Topliss-reactive ketones (excluding diaryl/α,β-unsaturated/α-hetero) is 1. The normalized spacial score (nSPS) is 11.1. The molecular weight excluding hydrogens is 382 g/mol. The van der Waals surface area contributed by atoms with Gasteiger partial charge in [-0.15, -0.1) is 0 Å². The fourth-order valence-electron chi connectivity index (χ4n) is 3.52. The highest BCUT2D eigenvalue weighted by Crippen LogP contribution is 2.27. The highest BCUT2D eigenvalue weighted by atomic mass is 16.6. The van der Waals surface area contributed by atoms with Crippen molar-refractivity contribution in [3.05, 3.63) is 75.0 Å². The van der Waals surface area contributed by atoms with Crippen LogP contribution in [-0.2, 0) is 13.0 Å². The molecule has 7 nitrogen and oxygen atoms in total. The molecule has 0 radical (unpaired) electrons. The molecule has 0 fully saturated rings. The molecule has 0 atom stereocenters. The van der Waals surface area contributed by atoms with Crippen LogP contribution in [0.25, 0.3) is 10.9 Å². The minimum Gasteiger partial charge on any atom is -0.358 e. The number of nitrogens with zero attached hydrogens (tertiary/aromatic N) is 1. The predicted octanol–water partition coefficient (Wildman–Crippen LogP) is 4.80. The summed E-state index contributed by atoms with van der Waals surface area (Å²) in [4.78, 5) is 39.3. The fraction of sp³-hybridized carbons (Fsp3) is 0.304. The van der Waals surface area contributed by atoms with Crippen LogP contribution in [0, 0.1) is 16.0 Å². The number of benzene rings is 2. The smallest absolute Gasteiger partial charge is 0.274 e. The zero-order chi connectivity index (χ0) is 21.8. The number of hydrogen-bond acceptors (Lipinski definition) is 4. The molecule has 30 heavy (non-hydrogen) atoms. The molecule has 1 amide bonds. The van der Waals surface area contributed by atoms with Gasteiger partial charge in [-0.05, 0) is 18.6 Å². The lowest BCUT2D eigenvalue weighted by atomic mass is 9.96. The van der Waals surface area contributed by atoms with Crippen molar-refractivity contribution >= 4 is 28.3 Å². The molecule has 2 N–H and O–H groups in total. The number of nitro groups is 1. The second-order valence-corrected chi connectivity index (χ2v) is 7.58. The maximum Gasteiger partial charge on any atom is 0.274 e. The first kappa shape index (κ1) is 21.2. The predicted molar refractivity (Wildman–Crippen MR) is 116 cm³/mol. The number of para-hydroxylation sites is 1. The summed E-state index contributed by atoms with van der Waals surface area (Å²) in [6.07, 6.45) is 1.65. The van der Waals surface area contributed by atoms with E-state index in [0.29, 0.717) is 16.7 Å². The van der Waals surface area contributed by atoms with Crippen LogP contribution in [-0.4, -0.2) is 21.6 Å². The van der Waals surface area contributed by atoms with E-state index in [-0.39, 0.29) is 29.8 Å². The van der Waals surface area contributed by atoms with E-state index in [1.807, 2.05) is 13.8 Å². The van der Waals surface area contributed by atoms with E-state index in [0.717, 1.165) is 29.4 Å². The van der Waals surface area contributed by atoms with Gasteiger partial charge in [-0.1, -0.05) is 51.5 Å². The molecule has 0 saturated heterocycles. The Balaban J connectivity index is 1.87. The van der Waals surface area contributed by atoms with Crippen LogP contribution < -0.4 is 5.32 Å². The van der Waals surface area contributed by atoms with E-state index in [1.165, 1.54) is 6.07 Å². The Bertz CT molecular complexity index is 1110. The van der Waals surface area contributed by atoms with E-state index in [4.69, 9.17) is 0 Å². The van der Waals surface area contributed by atoms with Crippen molar-refractivity contribution in [2.75, 3.05) is 0 Å². The Morgan fingerprint density at radius 1 is 1.17 bits per heavy atom. The average molecular weight is 407 g/mol. The molecule has 1 heterocycles. The third kappa shape index (κ3) is 4.25. The SMILES string of the molecule is CCCc1[nH]c2cc(C(=O)NCc3ccccc3[N+](=O)[O-])ccc2c1C(=O)C(C)C. The number of H-pyrrole nitrogens is 1. The lowest BCUT2D eigenvalue weighted by molar-refractivity contribution is -0.385. The van der Waals surface area contributed by atoms with Gasteiger partial charge < -0.3 is 10.3 Å². The number of rotatable bonds is 8. The number of aryl methyl sites for hydroxylation is 1. The first-order valence-corrected chi connectivity index (χ1v) is 10.0. The Morgan fingerprint density at radius 2 is 1.90 bits per heavy atom. The van der Waals surface area contributed by atoms with Crippen molar-refractivity contribution in [2.24, 2.45) is 5.92 Å². The summed E-state index contributed by atoms with van der Waals surface area (Å²) >= 11 is 0. The molecule has 0 bridgehead atoms. The van der Waals surface area contributed by atoms with Crippen molar-refractivity contribution in [1.29, 1.82) is 0 Å². The molecule has 0 unspecified atom stereocenters. The van der Waals surface area contributed by atoms with Gasteiger partial charge in [-0.25, -0.2) is 0 Å². The number of nitro benzene ring substituents is 1. The highest BCUT2D eigenvalue weighted by Gasteiger charge is 2.21. The number of aromatic amines is 1. The fourth-order valence-corrected chi connectivity index (χ4v) is 3.52. The molecule has 2 aromatic carbocycles. The second-order valence-electron chi connectivity index (χ2n) is 7.58. The van der Waals surface area contributed by atoms with Crippen LogP contribution in [0.4, 0.5) is 5.69 Å². The summed E-state index contributed by atoms with van der Waals surface area (Å²) in [6, 6.07) is 11.5. The third-order valence-corrected chi connectivity index (χ3v) is 5.04. The number of hydrogen-bond donors (Lipinski definition) is 2. The molecule has 0 spiro atoms. The zero-order valence-corrected chi connectivity index (χ0v) is 17.3. The van der Waals surface area contributed by atoms with Crippen molar-refractivity contribution in [3.63, 3.8) is 0 Å². The standard InChI is InChI=1S/C23H25N3O4/c1-4-7-18-21(22(27)14(2)3)17-11-10-15(12-19(17)25-18)23(28)24-13-16-8-5-6-9-20(16)26(29)30/h5-6,8-12,14,25H,4,7,13H2,1-3H3,(H,24,28). The van der Waals surface area contributed by atoms with Crippen LogP contribution in [0.3, 0.4) is 0 Å². The van der Waals surface area contributed by atoms with Crippen LogP contribution in [0.2, 0.25) is 0 Å². The van der Waals surface area contributed by atoms with Gasteiger partial charge in [0.2, 0.25) is 0 Å². The van der Waals surface area contributed by atoms with Gasteiger partial charge in [0.25, 0.3) is 11.6 Å². The van der Waals surface area contributed by atoms with E-state index in [1.54, 1.807) is 36.4 Å². The number of ketones is 1. The topological polar surface area (TPSA) is 105 Å². The molecule has 7 heteroatoms. The minimum atomic E-state index is -0.463. The Hall–Kier alpha value is -3.48. The average Bonchev–Trinajstić information content (AvgIpc) is 3.08. The number of carbonyl (C=O) groups excluding carboxylic acids is 2. The number of carbonyl (C=O) groups is 2. The van der Waals surface area contributed by atoms with Gasteiger partial charge in [0, 0.05) is 51.8 Å². The monoisotopic (exact) mass is 407 g/mol. The van der Waals surface area contributed by atoms with E-state index < -0.39 is 4.92 Å². The number of nitrogens with one attached hydrogen (secondary N) is 2. The second kappa shape index (κ2) is 8.90. The largest absolute Gasteiger partial charge is 0.358 e. The molecule has 0 aliphatic rings. The Labute approximate surface area is 174 Å². The first-order valence-electron chi connectivity index (χ1n) is 10.0. The summed E-state index contributed by atoms with van der Waals surface area (Å²) < 4.78 is 0. The van der Waals surface area contributed by atoms with Crippen LogP contribution in [0.5, 0.6) is 0 Å². The third-order valence-electron chi connectivity index (χ3n) is 5.04. The van der Waals surface area contributed by atoms with Crippen LogP contribution in [0.1, 0.15) is 59.2 Å². The van der Waals surface area contributed by atoms with Gasteiger partial charge in [0.15, 0.2) is 5.78 Å². The Kier molecular flexibility index (Phi) is 6.30. The first-order chi connectivity index (χ1) is 14.3. The summed E-state index contributed by atoms with van der Waals surface area (Å²) in [5.74, 6) is -0.374. The van der Waals surface area contributed by atoms with E-state index in [9.17, 15) is 19.7 Å². The Morgan fingerprint density at radius 3 is 2.57 bits per heavy atom. The van der Waals surface area contributed by atoms with E-state index in [2.05, 4.69) is 17.2 Å². The number of aromatic nitrogens is 1. The number of amides is 1. The summed E-state index contributed by atoms with van der Waals surface area (Å²) in [5.41, 5.74) is 3.16. The summed E-state index contributed by atoms with van der Waals surface area (Å²) in [6.45, 7) is 5.86. The van der Waals surface area contributed by atoms with Gasteiger partial charge >= 0.3 is 0 Å².